The van der Waals surface area contributed by atoms with E-state index in [4.69, 9.17) is 37.5 Å². The van der Waals surface area contributed by atoms with Gasteiger partial charge in [-0.15, -0.1) is 0 Å². The molecule has 17 nitrogen and oxygen atoms in total. The van der Waals surface area contributed by atoms with Gasteiger partial charge in [-0.05, 0) is 76.3 Å². The summed E-state index contributed by atoms with van der Waals surface area (Å²) >= 11 is 0. The molecule has 2 aromatic carbocycles. The Kier molecular flexibility index (Phi) is 10.2. The Morgan fingerprint density at radius 2 is 1.82 bits per heavy atom. The lowest BCUT2D eigenvalue weighted by atomic mass is 9.69. The normalized spacial score (nSPS) is 25.2. The number of aromatic nitrogens is 3. The average molecular weight is 810 g/mol. The molecule has 4 aromatic rings. The first kappa shape index (κ1) is 39.1. The molecule has 8 rings (SSSR count). The van der Waals surface area contributed by atoms with Gasteiger partial charge in [-0.3, -0.25) is 4.90 Å². The van der Waals surface area contributed by atoms with Gasteiger partial charge in [0.2, 0.25) is 22.6 Å². The van der Waals surface area contributed by atoms with Crippen LogP contribution in [0.15, 0.2) is 56.4 Å². The van der Waals surface area contributed by atoms with Gasteiger partial charge < -0.3 is 42.6 Å². The number of hydrogen-bond acceptors (Lipinski definition) is 14. The third kappa shape index (κ3) is 7.11. The number of carbonyl (C=O) groups is 1. The molecule has 2 aromatic heterocycles. The summed E-state index contributed by atoms with van der Waals surface area (Å²) in [4.78, 5) is 19.4. The number of nitrogens with zero attached hydrogens (tertiary/aromatic N) is 5. The second-order valence-corrected chi connectivity index (χ2v) is 17.8. The molecule has 6 heterocycles. The highest BCUT2D eigenvalue weighted by Crippen LogP contribution is 2.53. The lowest BCUT2D eigenvalue weighted by Crippen LogP contribution is -2.65. The van der Waals surface area contributed by atoms with Crippen molar-refractivity contribution in [3.63, 3.8) is 0 Å². The van der Waals surface area contributed by atoms with Crippen LogP contribution in [0, 0.1) is 31.6 Å². The van der Waals surface area contributed by atoms with Gasteiger partial charge in [-0.2, -0.15) is 9.29 Å². The molecule has 18 heteroatoms. The van der Waals surface area contributed by atoms with Crippen LogP contribution >= 0.6 is 0 Å². The highest BCUT2D eigenvalue weighted by atomic mass is 32.2. The fourth-order valence-corrected chi connectivity index (χ4v) is 10.5. The topological polar surface area (TPSA) is 198 Å². The molecule has 4 aliphatic rings. The van der Waals surface area contributed by atoms with Crippen molar-refractivity contribution in [3.8, 4) is 28.7 Å². The third-order valence-electron chi connectivity index (χ3n) is 11.2. The van der Waals surface area contributed by atoms with Gasteiger partial charge in [0.15, 0.2) is 24.4 Å². The van der Waals surface area contributed by atoms with Crippen molar-refractivity contribution in [2.24, 2.45) is 17.8 Å². The maximum atomic E-state index is 14.6. The first-order chi connectivity index (χ1) is 27.2. The van der Waals surface area contributed by atoms with Crippen molar-refractivity contribution in [3.05, 3.63) is 65.3 Å². The van der Waals surface area contributed by atoms with Crippen LogP contribution in [-0.4, -0.2) is 101 Å². The van der Waals surface area contributed by atoms with Crippen molar-refractivity contribution >= 4 is 16.1 Å². The largest absolute Gasteiger partial charge is 0.485 e. The molecule has 5 atom stereocenters. The summed E-state index contributed by atoms with van der Waals surface area (Å²) < 4.78 is 77.1. The molecule has 0 bridgehead atoms. The Bertz CT molecular complexity index is 2200. The van der Waals surface area contributed by atoms with Gasteiger partial charge in [-0.1, -0.05) is 36.3 Å². The van der Waals surface area contributed by atoms with Crippen LogP contribution in [0.1, 0.15) is 57.0 Å². The zero-order valence-electron chi connectivity index (χ0n) is 32.7. The second kappa shape index (κ2) is 14.9. The molecule has 3 unspecified atom stereocenters. The lowest BCUT2D eigenvalue weighted by Gasteiger charge is -2.47. The van der Waals surface area contributed by atoms with E-state index >= 15 is 0 Å². The van der Waals surface area contributed by atoms with Crippen molar-refractivity contribution < 1.29 is 55.8 Å². The molecule has 1 amide bonds. The molecule has 0 radical (unpaired) electrons. The minimum Gasteiger partial charge on any atom is -0.485 e. The van der Waals surface area contributed by atoms with Crippen LogP contribution in [-0.2, 0) is 37.3 Å². The monoisotopic (exact) mass is 809 g/mol. The summed E-state index contributed by atoms with van der Waals surface area (Å²) in [5, 5.41) is 19.1. The van der Waals surface area contributed by atoms with Gasteiger partial charge in [0.1, 0.15) is 22.8 Å². The number of hydrogen-bond donors (Lipinski definition) is 1. The van der Waals surface area contributed by atoms with Gasteiger partial charge in [0.25, 0.3) is 5.89 Å². The SMILES string of the molecule is Cc1noc(C)c1-c1nc(COc2ccc(C[C@]3(C4COC5OCCC54)[C@@H](CN(CC(C)C)S(=O)(=O)c4ccc5c(c4)OCO5)OC(C)(C)N3C(=O)O)cc2)no1. The standard InChI is InChI=1S/C39H47N5O12S/c1-22(2)17-43(57(47,48)27-11-12-30-31(15-27)53-21-52-30)18-32-39(44(37(45)46)38(5,6)54-32,29-19-51-36-28(29)13-14-49-36)16-25-7-9-26(10-8-25)50-20-33-40-35(56-42-33)34-23(3)41-55-24(34)4/h7-12,15,22,28-29,32,36H,13-14,16-21H2,1-6H3,(H,45,46)/t28?,29?,32-,36?,39+/m1/s1. The summed E-state index contributed by atoms with van der Waals surface area (Å²) in [6, 6.07) is 11.9. The summed E-state index contributed by atoms with van der Waals surface area (Å²) in [5.41, 5.74) is -0.562. The molecule has 0 aliphatic carbocycles. The van der Waals surface area contributed by atoms with Crippen molar-refractivity contribution in [1.82, 2.24) is 24.5 Å². The van der Waals surface area contributed by atoms with Gasteiger partial charge >= 0.3 is 6.09 Å². The molecule has 3 saturated heterocycles. The minimum absolute atomic E-state index is 0.000480. The average Bonchev–Trinajstić information content (AvgIpc) is 4.01. The van der Waals surface area contributed by atoms with E-state index in [1.165, 1.54) is 21.3 Å². The Morgan fingerprint density at radius 1 is 1.05 bits per heavy atom. The van der Waals surface area contributed by atoms with Crippen molar-refractivity contribution in [2.75, 3.05) is 33.1 Å². The van der Waals surface area contributed by atoms with Crippen LogP contribution in [0.5, 0.6) is 17.2 Å². The van der Waals surface area contributed by atoms with Crippen LogP contribution in [0.3, 0.4) is 0 Å². The molecular weight excluding hydrogens is 763 g/mol. The Balaban J connectivity index is 1.12. The Hall–Kier alpha value is -4.75. The Morgan fingerprint density at radius 3 is 2.54 bits per heavy atom. The predicted molar refractivity (Wildman–Crippen MR) is 199 cm³/mol. The van der Waals surface area contributed by atoms with E-state index in [0.717, 1.165) is 5.56 Å². The van der Waals surface area contributed by atoms with E-state index in [-0.39, 0.29) is 62.1 Å². The van der Waals surface area contributed by atoms with Crippen LogP contribution in [0.4, 0.5) is 4.79 Å². The van der Waals surface area contributed by atoms with Crippen LogP contribution in [0.25, 0.3) is 11.5 Å². The number of amides is 1. The molecular formula is C39H47N5O12S. The van der Waals surface area contributed by atoms with Gasteiger partial charge in [0.05, 0.1) is 35.4 Å². The van der Waals surface area contributed by atoms with E-state index in [1.807, 2.05) is 26.0 Å². The fraction of sp³-hybridized carbons (Fsp3) is 0.538. The number of benzene rings is 2. The van der Waals surface area contributed by atoms with E-state index in [0.29, 0.717) is 53.1 Å². The molecule has 1 N–H and O–H groups in total. The number of fused-ring (bicyclic) bond motifs is 2. The zero-order chi connectivity index (χ0) is 40.3. The van der Waals surface area contributed by atoms with E-state index in [2.05, 4.69) is 15.3 Å². The number of carboxylic acid groups (broad SMARTS) is 1. The van der Waals surface area contributed by atoms with Crippen molar-refractivity contribution in [1.29, 1.82) is 0 Å². The van der Waals surface area contributed by atoms with Crippen LogP contribution < -0.4 is 14.2 Å². The Labute approximate surface area is 330 Å². The molecule has 57 heavy (non-hydrogen) atoms. The highest BCUT2D eigenvalue weighted by Gasteiger charge is 2.67. The zero-order valence-corrected chi connectivity index (χ0v) is 33.5. The summed E-state index contributed by atoms with van der Waals surface area (Å²) in [5.74, 6) is 1.88. The molecule has 4 aliphatic heterocycles. The molecule has 306 valence electrons. The van der Waals surface area contributed by atoms with Gasteiger partial charge in [-0.25, -0.2) is 13.2 Å². The first-order valence-electron chi connectivity index (χ1n) is 19.0. The van der Waals surface area contributed by atoms with E-state index < -0.39 is 45.7 Å². The fourth-order valence-electron chi connectivity index (χ4n) is 8.89. The highest BCUT2D eigenvalue weighted by molar-refractivity contribution is 7.89. The second-order valence-electron chi connectivity index (χ2n) is 15.8. The van der Waals surface area contributed by atoms with E-state index in [1.54, 1.807) is 45.9 Å². The third-order valence-corrected chi connectivity index (χ3v) is 13.1. The maximum absolute atomic E-state index is 14.6. The first-order valence-corrected chi connectivity index (χ1v) is 20.4. The lowest BCUT2D eigenvalue weighted by molar-refractivity contribution is -0.0907. The van der Waals surface area contributed by atoms with Gasteiger partial charge in [0, 0.05) is 31.0 Å². The minimum atomic E-state index is -4.14. The molecule has 0 spiro atoms. The predicted octanol–water partition coefficient (Wildman–Crippen LogP) is 5.40. The van der Waals surface area contributed by atoms with Crippen molar-refractivity contribution in [2.45, 2.75) is 89.5 Å². The smallest absolute Gasteiger partial charge is 0.410 e. The molecule has 3 fully saturated rings. The summed E-state index contributed by atoms with van der Waals surface area (Å²) in [6.45, 7) is 11.6. The number of aryl methyl sites for hydroxylation is 2. The van der Waals surface area contributed by atoms with E-state index in [9.17, 15) is 18.3 Å². The number of sulfonamides is 1. The maximum Gasteiger partial charge on any atom is 0.410 e. The molecule has 0 saturated carbocycles. The number of rotatable bonds is 13. The summed E-state index contributed by atoms with van der Waals surface area (Å²) in [6.07, 6.45) is -1.76. The number of ether oxygens (including phenoxy) is 6. The summed E-state index contributed by atoms with van der Waals surface area (Å²) in [7, 11) is -4.14. The van der Waals surface area contributed by atoms with Crippen LogP contribution in [0.2, 0.25) is 0 Å². The quantitative estimate of drug-likeness (QED) is 0.180.